The summed E-state index contributed by atoms with van der Waals surface area (Å²) in [6.45, 7) is 0.462. The van der Waals surface area contributed by atoms with Gasteiger partial charge in [0.2, 0.25) is 0 Å². The normalized spacial score (nSPS) is 12.5. The van der Waals surface area contributed by atoms with E-state index in [1.165, 1.54) is 6.07 Å². The highest BCUT2D eigenvalue weighted by Crippen LogP contribution is 2.18. The second-order valence-electron chi connectivity index (χ2n) is 2.30. The topological polar surface area (TPSA) is 43.1 Å². The van der Waals surface area contributed by atoms with E-state index in [4.69, 9.17) is 2.74 Å². The molecule has 0 aromatic heterocycles. The molecule has 0 amide bonds. The molecule has 11 heavy (non-hydrogen) atoms. The molecule has 0 aliphatic heterocycles. The molecule has 0 fully saturated rings. The van der Waals surface area contributed by atoms with E-state index in [0.29, 0.717) is 11.1 Å². The van der Waals surface area contributed by atoms with Crippen molar-refractivity contribution < 1.29 is 7.66 Å². The van der Waals surface area contributed by atoms with E-state index in [0.717, 1.165) is 0 Å². The van der Waals surface area contributed by atoms with Crippen LogP contribution in [-0.2, 0) is 0 Å². The van der Waals surface area contributed by atoms with Crippen LogP contribution in [0.3, 0.4) is 0 Å². The summed E-state index contributed by atoms with van der Waals surface area (Å²) in [5.41, 5.74) is 0.869. The Kier molecular flexibility index (Phi) is 1.30. The molecule has 1 aromatic rings. The summed E-state index contributed by atoms with van der Waals surface area (Å²) in [5, 5.41) is 10.5. The van der Waals surface area contributed by atoms with Gasteiger partial charge in [-0.05, 0) is 19.4 Å². The fourth-order valence-electron chi connectivity index (χ4n) is 0.823. The van der Waals surface area contributed by atoms with Crippen LogP contribution < -0.4 is 0 Å². The molecule has 3 nitrogen and oxygen atoms in total. The third-order valence-electron chi connectivity index (χ3n) is 1.43. The Bertz CT molecular complexity index is 339. The third kappa shape index (κ3) is 1.55. The van der Waals surface area contributed by atoms with E-state index in [9.17, 15) is 10.1 Å². The number of nitro benzene ring substituents is 1. The first kappa shape index (κ1) is 5.29. The molecule has 0 aliphatic carbocycles. The van der Waals surface area contributed by atoms with Gasteiger partial charge in [0.15, 0.2) is 0 Å². The van der Waals surface area contributed by atoms with Gasteiger partial charge in [-0.2, -0.15) is 0 Å². The first-order valence-electron chi connectivity index (χ1n) is 4.27. The molecule has 3 heteroatoms. The molecule has 0 radical (unpaired) electrons. The lowest BCUT2D eigenvalue weighted by atomic mass is 10.1. The Morgan fingerprint density at radius 1 is 1.64 bits per heavy atom. The van der Waals surface area contributed by atoms with E-state index < -0.39 is 11.8 Å². The molecular formula is C8H9NO2. The van der Waals surface area contributed by atoms with Crippen molar-refractivity contribution in [2.24, 2.45) is 0 Å². The second-order valence-corrected chi connectivity index (χ2v) is 2.30. The minimum absolute atomic E-state index is 0.0259. The second kappa shape index (κ2) is 2.70. The summed E-state index contributed by atoms with van der Waals surface area (Å²) in [4.78, 5) is 9.98. The predicted molar refractivity (Wildman–Crippen MR) is 42.6 cm³/mol. The summed E-state index contributed by atoms with van der Waals surface area (Å²) in [5.74, 6) is 0. The van der Waals surface area contributed by atoms with E-state index in [-0.39, 0.29) is 5.69 Å². The quantitative estimate of drug-likeness (QED) is 0.458. The van der Waals surface area contributed by atoms with E-state index >= 15 is 0 Å². The molecule has 0 saturated heterocycles. The average molecular weight is 153 g/mol. The van der Waals surface area contributed by atoms with Crippen LogP contribution in [-0.4, -0.2) is 4.92 Å². The van der Waals surface area contributed by atoms with Crippen LogP contribution in [0.4, 0.5) is 5.69 Å². The number of nitro groups is 1. The van der Waals surface area contributed by atoms with Crippen molar-refractivity contribution >= 4 is 5.69 Å². The molecule has 0 bridgehead atoms. The van der Waals surface area contributed by atoms with Gasteiger partial charge in [-0.1, -0.05) is 12.1 Å². The molecule has 0 aliphatic rings. The van der Waals surface area contributed by atoms with Crippen molar-refractivity contribution in [3.8, 4) is 0 Å². The van der Waals surface area contributed by atoms with Gasteiger partial charge in [0.1, 0.15) is 0 Å². The van der Waals surface area contributed by atoms with Crippen molar-refractivity contribution in [2.45, 2.75) is 13.8 Å². The molecule has 0 atom stereocenters. The number of hydrogen-bond donors (Lipinski definition) is 0. The Labute approximate surface area is 67.6 Å². The number of rotatable bonds is 1. The molecule has 1 rings (SSSR count). The van der Waals surface area contributed by atoms with E-state index in [1.54, 1.807) is 19.1 Å². The lowest BCUT2D eigenvalue weighted by Gasteiger charge is -1.96. The monoisotopic (exact) mass is 153 g/mol. The summed E-state index contributed by atoms with van der Waals surface area (Å²) >= 11 is 0. The standard InChI is InChI=1S/C8H9NO2/c1-6-3-4-7(2)8(5-6)9(10)11/h3-5H,1-2H3/i1D2. The maximum Gasteiger partial charge on any atom is 0.272 e. The first-order valence-corrected chi connectivity index (χ1v) is 3.12. The van der Waals surface area contributed by atoms with Gasteiger partial charge in [0.05, 0.1) is 4.92 Å². The van der Waals surface area contributed by atoms with Gasteiger partial charge >= 0.3 is 0 Å². The number of hydrogen-bond acceptors (Lipinski definition) is 2. The van der Waals surface area contributed by atoms with E-state index in [2.05, 4.69) is 0 Å². The third-order valence-corrected chi connectivity index (χ3v) is 1.43. The van der Waals surface area contributed by atoms with Crippen molar-refractivity contribution in [1.29, 1.82) is 0 Å². The van der Waals surface area contributed by atoms with Crippen molar-refractivity contribution in [1.82, 2.24) is 0 Å². The average Bonchev–Trinajstić information content (AvgIpc) is 2.04. The molecule has 0 saturated carbocycles. The fourth-order valence-corrected chi connectivity index (χ4v) is 0.823. The van der Waals surface area contributed by atoms with Gasteiger partial charge in [0, 0.05) is 14.4 Å². The number of nitrogens with zero attached hydrogens (tertiary/aromatic N) is 1. The zero-order valence-electron chi connectivity index (χ0n) is 8.07. The Morgan fingerprint density at radius 3 is 2.91 bits per heavy atom. The highest BCUT2D eigenvalue weighted by molar-refractivity contribution is 5.41. The number of benzene rings is 1. The summed E-state index contributed by atoms with van der Waals surface area (Å²) in [7, 11) is 0. The Balaban J connectivity index is 3.19. The first-order chi connectivity index (χ1) is 6.02. The minimum Gasteiger partial charge on any atom is -0.258 e. The lowest BCUT2D eigenvalue weighted by molar-refractivity contribution is -0.385. The molecular weight excluding hydrogens is 142 g/mol. The van der Waals surface area contributed by atoms with Crippen LogP contribution in [0.2, 0.25) is 0 Å². The van der Waals surface area contributed by atoms with Gasteiger partial charge in [0.25, 0.3) is 5.69 Å². The number of aryl methyl sites for hydroxylation is 2. The van der Waals surface area contributed by atoms with Gasteiger partial charge in [-0.25, -0.2) is 0 Å². The highest BCUT2D eigenvalue weighted by atomic mass is 16.6. The largest absolute Gasteiger partial charge is 0.272 e. The molecule has 0 N–H and O–H groups in total. The van der Waals surface area contributed by atoms with Crippen LogP contribution in [0.15, 0.2) is 18.2 Å². The Morgan fingerprint density at radius 2 is 2.36 bits per heavy atom. The van der Waals surface area contributed by atoms with Crippen molar-refractivity contribution in [3.63, 3.8) is 0 Å². The van der Waals surface area contributed by atoms with Gasteiger partial charge in [-0.3, -0.25) is 10.1 Å². The van der Waals surface area contributed by atoms with Crippen molar-refractivity contribution in [2.75, 3.05) is 0 Å². The summed E-state index contributed by atoms with van der Waals surface area (Å²) in [6.07, 6.45) is 0. The summed E-state index contributed by atoms with van der Waals surface area (Å²) in [6, 6.07) is 4.40. The van der Waals surface area contributed by atoms with Crippen LogP contribution in [0.1, 0.15) is 13.9 Å². The molecule has 58 valence electrons. The fraction of sp³-hybridized carbons (Fsp3) is 0.250. The molecule has 0 spiro atoms. The van der Waals surface area contributed by atoms with Crippen LogP contribution in [0, 0.1) is 23.9 Å². The molecule has 1 aromatic carbocycles. The van der Waals surface area contributed by atoms with Crippen molar-refractivity contribution in [3.05, 3.63) is 39.4 Å². The smallest absolute Gasteiger partial charge is 0.258 e. The van der Waals surface area contributed by atoms with Crippen LogP contribution >= 0.6 is 0 Å². The molecule has 0 unspecified atom stereocenters. The predicted octanol–water partition coefficient (Wildman–Crippen LogP) is 2.21. The van der Waals surface area contributed by atoms with Gasteiger partial charge in [-0.15, -0.1) is 0 Å². The summed E-state index contributed by atoms with van der Waals surface area (Å²) < 4.78 is 14.1. The Hall–Kier alpha value is -1.38. The zero-order valence-corrected chi connectivity index (χ0v) is 6.07. The lowest BCUT2D eigenvalue weighted by Crippen LogP contribution is -1.91. The maximum absolute atomic E-state index is 10.5. The SMILES string of the molecule is [2H]C([2H])c1ccc(C)c([N+](=O)[O-])c1. The highest BCUT2D eigenvalue weighted by Gasteiger charge is 2.08. The zero-order chi connectivity index (χ0) is 10.0. The maximum atomic E-state index is 10.5. The van der Waals surface area contributed by atoms with Crippen LogP contribution in [0.5, 0.6) is 0 Å². The van der Waals surface area contributed by atoms with E-state index in [1.807, 2.05) is 0 Å². The van der Waals surface area contributed by atoms with Crippen LogP contribution in [0.25, 0.3) is 0 Å². The van der Waals surface area contributed by atoms with Gasteiger partial charge < -0.3 is 0 Å². The minimum atomic E-state index is -1.17. The molecule has 0 heterocycles.